The SMILES string of the molecule is BrCCOc1cccc(I)c1I. The van der Waals surface area contributed by atoms with Gasteiger partial charge in [-0.15, -0.1) is 0 Å². The third-order valence-electron chi connectivity index (χ3n) is 1.25. The summed E-state index contributed by atoms with van der Waals surface area (Å²) in [5.41, 5.74) is 0. The van der Waals surface area contributed by atoms with Crippen LogP contribution in [0.15, 0.2) is 18.2 Å². The molecule has 1 aromatic carbocycles. The van der Waals surface area contributed by atoms with Gasteiger partial charge in [-0.3, -0.25) is 0 Å². The Morgan fingerprint density at radius 1 is 1.33 bits per heavy atom. The molecule has 0 N–H and O–H groups in total. The van der Waals surface area contributed by atoms with E-state index in [4.69, 9.17) is 4.74 Å². The molecule has 0 heterocycles. The van der Waals surface area contributed by atoms with E-state index in [0.717, 1.165) is 17.7 Å². The van der Waals surface area contributed by atoms with E-state index >= 15 is 0 Å². The van der Waals surface area contributed by atoms with Crippen molar-refractivity contribution in [2.24, 2.45) is 0 Å². The molecule has 4 heteroatoms. The molecular weight excluding hydrogens is 446 g/mol. The molecule has 0 aliphatic carbocycles. The minimum atomic E-state index is 0.718. The Kier molecular flexibility index (Phi) is 5.19. The molecule has 1 nitrogen and oxygen atoms in total. The summed E-state index contributed by atoms with van der Waals surface area (Å²) >= 11 is 7.92. The number of halogens is 3. The Hall–Kier alpha value is 0.960. The van der Waals surface area contributed by atoms with Crippen molar-refractivity contribution in [2.75, 3.05) is 11.9 Å². The van der Waals surface area contributed by atoms with E-state index in [1.165, 1.54) is 7.14 Å². The highest BCUT2D eigenvalue weighted by molar-refractivity contribution is 14.1. The zero-order valence-electron chi connectivity index (χ0n) is 6.19. The predicted octanol–water partition coefficient (Wildman–Crippen LogP) is 3.67. The maximum Gasteiger partial charge on any atom is 0.133 e. The third kappa shape index (κ3) is 3.02. The first-order valence-electron chi connectivity index (χ1n) is 3.38. The van der Waals surface area contributed by atoms with Gasteiger partial charge in [0.25, 0.3) is 0 Å². The van der Waals surface area contributed by atoms with Crippen molar-refractivity contribution in [3.05, 3.63) is 25.3 Å². The van der Waals surface area contributed by atoms with Crippen LogP contribution in [-0.4, -0.2) is 11.9 Å². The number of rotatable bonds is 3. The average Bonchev–Trinajstić information content (AvgIpc) is 2.08. The summed E-state index contributed by atoms with van der Waals surface area (Å²) in [6.45, 7) is 0.718. The van der Waals surface area contributed by atoms with Crippen LogP contribution in [0.1, 0.15) is 0 Å². The fraction of sp³-hybridized carbons (Fsp3) is 0.250. The van der Waals surface area contributed by atoms with Gasteiger partial charge in [-0.25, -0.2) is 0 Å². The topological polar surface area (TPSA) is 9.23 Å². The van der Waals surface area contributed by atoms with E-state index in [0.29, 0.717) is 0 Å². The summed E-state index contributed by atoms with van der Waals surface area (Å²) in [5.74, 6) is 0.974. The second kappa shape index (κ2) is 5.64. The Labute approximate surface area is 108 Å². The van der Waals surface area contributed by atoms with Crippen LogP contribution in [0.2, 0.25) is 0 Å². The van der Waals surface area contributed by atoms with Gasteiger partial charge in [-0.1, -0.05) is 22.0 Å². The highest BCUT2D eigenvalue weighted by Crippen LogP contribution is 2.25. The van der Waals surface area contributed by atoms with Crippen LogP contribution in [0, 0.1) is 7.14 Å². The van der Waals surface area contributed by atoms with Crippen LogP contribution in [0.3, 0.4) is 0 Å². The number of hydrogen-bond acceptors (Lipinski definition) is 1. The fourth-order valence-electron chi connectivity index (χ4n) is 0.744. The molecule has 0 aliphatic heterocycles. The number of alkyl halides is 1. The zero-order chi connectivity index (χ0) is 8.97. The molecule has 66 valence electrons. The lowest BCUT2D eigenvalue weighted by Gasteiger charge is -2.06. The summed E-state index contributed by atoms with van der Waals surface area (Å²) in [4.78, 5) is 0. The van der Waals surface area contributed by atoms with Gasteiger partial charge in [-0.2, -0.15) is 0 Å². The zero-order valence-corrected chi connectivity index (χ0v) is 12.1. The molecule has 1 rings (SSSR count). The van der Waals surface area contributed by atoms with Gasteiger partial charge in [0.1, 0.15) is 5.75 Å². The molecule has 0 radical (unpaired) electrons. The Balaban J connectivity index is 2.78. The maximum atomic E-state index is 5.51. The molecule has 0 bridgehead atoms. The van der Waals surface area contributed by atoms with E-state index in [2.05, 4.69) is 67.2 Å². The largest absolute Gasteiger partial charge is 0.492 e. The quantitative estimate of drug-likeness (QED) is 0.502. The van der Waals surface area contributed by atoms with Crippen molar-refractivity contribution in [3.8, 4) is 5.75 Å². The van der Waals surface area contributed by atoms with Crippen LogP contribution < -0.4 is 4.74 Å². The maximum absolute atomic E-state index is 5.51. The Morgan fingerprint density at radius 2 is 2.08 bits per heavy atom. The van der Waals surface area contributed by atoms with Crippen molar-refractivity contribution in [1.29, 1.82) is 0 Å². The first-order chi connectivity index (χ1) is 5.75. The monoisotopic (exact) mass is 452 g/mol. The molecular formula is C8H7BrI2O. The predicted molar refractivity (Wildman–Crippen MR) is 71.2 cm³/mol. The first-order valence-corrected chi connectivity index (χ1v) is 6.66. The van der Waals surface area contributed by atoms with Crippen LogP contribution in [0.25, 0.3) is 0 Å². The van der Waals surface area contributed by atoms with E-state index in [-0.39, 0.29) is 0 Å². The third-order valence-corrected chi connectivity index (χ3v) is 4.62. The van der Waals surface area contributed by atoms with Crippen molar-refractivity contribution in [3.63, 3.8) is 0 Å². The summed E-state index contributed by atoms with van der Waals surface area (Å²) in [5, 5.41) is 0.870. The van der Waals surface area contributed by atoms with E-state index in [1.54, 1.807) is 0 Å². The van der Waals surface area contributed by atoms with E-state index in [1.807, 2.05) is 12.1 Å². The molecule has 0 spiro atoms. The normalized spacial score (nSPS) is 9.92. The first kappa shape index (κ1) is 11.0. The van der Waals surface area contributed by atoms with Crippen LogP contribution in [-0.2, 0) is 0 Å². The number of benzene rings is 1. The lowest BCUT2D eigenvalue weighted by molar-refractivity contribution is 0.342. The summed E-state index contributed by atoms with van der Waals surface area (Å²) < 4.78 is 7.94. The fourth-order valence-corrected chi connectivity index (χ4v) is 1.89. The van der Waals surface area contributed by atoms with Crippen LogP contribution in [0.4, 0.5) is 0 Å². The number of ether oxygens (including phenoxy) is 1. The van der Waals surface area contributed by atoms with Crippen molar-refractivity contribution in [1.82, 2.24) is 0 Å². The van der Waals surface area contributed by atoms with Gasteiger partial charge in [0.05, 0.1) is 10.2 Å². The van der Waals surface area contributed by atoms with Crippen molar-refractivity contribution >= 4 is 61.1 Å². The van der Waals surface area contributed by atoms with Crippen molar-refractivity contribution < 1.29 is 4.74 Å². The lowest BCUT2D eigenvalue weighted by Crippen LogP contribution is -1.99. The molecule has 0 aromatic heterocycles. The van der Waals surface area contributed by atoms with Gasteiger partial charge >= 0.3 is 0 Å². The molecule has 0 atom stereocenters. The Morgan fingerprint density at radius 3 is 2.75 bits per heavy atom. The van der Waals surface area contributed by atoms with E-state index < -0.39 is 0 Å². The van der Waals surface area contributed by atoms with Crippen molar-refractivity contribution in [2.45, 2.75) is 0 Å². The highest BCUT2D eigenvalue weighted by atomic mass is 127. The van der Waals surface area contributed by atoms with Crippen LogP contribution in [0.5, 0.6) is 5.75 Å². The standard InChI is InChI=1S/C8H7BrI2O/c9-4-5-12-7-3-1-2-6(10)8(7)11/h1-3H,4-5H2. The van der Waals surface area contributed by atoms with Gasteiger partial charge in [-0.05, 0) is 57.3 Å². The molecule has 12 heavy (non-hydrogen) atoms. The summed E-state index contributed by atoms with van der Waals surface area (Å²) in [6.07, 6.45) is 0. The van der Waals surface area contributed by atoms with Gasteiger partial charge < -0.3 is 4.74 Å². The van der Waals surface area contributed by atoms with Gasteiger partial charge in [0.15, 0.2) is 0 Å². The average molecular weight is 453 g/mol. The minimum Gasteiger partial charge on any atom is -0.492 e. The lowest BCUT2D eigenvalue weighted by atomic mass is 10.3. The molecule has 0 amide bonds. The second-order valence-electron chi connectivity index (χ2n) is 2.09. The minimum absolute atomic E-state index is 0.718. The van der Waals surface area contributed by atoms with Gasteiger partial charge in [0.2, 0.25) is 0 Å². The molecule has 0 aliphatic rings. The Bertz CT molecular complexity index is 265. The second-order valence-corrected chi connectivity index (χ2v) is 5.12. The smallest absolute Gasteiger partial charge is 0.133 e. The van der Waals surface area contributed by atoms with Gasteiger partial charge in [0, 0.05) is 8.90 Å². The summed E-state index contributed by atoms with van der Waals surface area (Å²) in [6, 6.07) is 6.07. The molecule has 0 saturated heterocycles. The highest BCUT2D eigenvalue weighted by Gasteiger charge is 2.02. The molecule has 0 fully saturated rings. The summed E-state index contributed by atoms with van der Waals surface area (Å²) in [7, 11) is 0. The van der Waals surface area contributed by atoms with E-state index in [9.17, 15) is 0 Å². The molecule has 1 aromatic rings. The van der Waals surface area contributed by atoms with Crippen LogP contribution >= 0.6 is 61.1 Å². The molecule has 0 unspecified atom stereocenters. The number of hydrogen-bond donors (Lipinski definition) is 0. The molecule has 0 saturated carbocycles.